The summed E-state index contributed by atoms with van der Waals surface area (Å²) in [5, 5.41) is 6.05. The molecule has 0 aliphatic heterocycles. The van der Waals surface area contributed by atoms with Gasteiger partial charge < -0.3 is 24.8 Å². The second kappa shape index (κ2) is 12.0. The van der Waals surface area contributed by atoms with Gasteiger partial charge in [-0.1, -0.05) is 0 Å². The number of aryl methyl sites for hydroxylation is 1. The molecule has 0 spiro atoms. The van der Waals surface area contributed by atoms with Gasteiger partial charge in [0.2, 0.25) is 0 Å². The molecule has 0 aromatic carbocycles. The van der Waals surface area contributed by atoms with Crippen LogP contribution in [0.4, 0.5) is 4.79 Å². The first kappa shape index (κ1) is 24.6. The number of aliphatic imine (C=N–C) groups is 1. The van der Waals surface area contributed by atoms with Crippen molar-refractivity contribution in [3.63, 3.8) is 0 Å². The van der Waals surface area contributed by atoms with Gasteiger partial charge in [-0.05, 0) is 46.2 Å². The summed E-state index contributed by atoms with van der Waals surface area (Å²) in [5.74, 6) is 0.862. The van der Waals surface area contributed by atoms with Gasteiger partial charge in [-0.2, -0.15) is 0 Å². The van der Waals surface area contributed by atoms with E-state index >= 15 is 0 Å². The van der Waals surface area contributed by atoms with E-state index in [1.807, 2.05) is 47.1 Å². The van der Waals surface area contributed by atoms with Crippen LogP contribution >= 0.6 is 24.0 Å². The maximum absolute atomic E-state index is 11.6. The predicted molar refractivity (Wildman–Crippen MR) is 117 cm³/mol. The molecule has 0 saturated carbocycles. The molecule has 1 aromatic heterocycles. The molecule has 1 rings (SSSR count). The Morgan fingerprint density at radius 1 is 1.35 bits per heavy atom. The van der Waals surface area contributed by atoms with E-state index in [0.29, 0.717) is 13.1 Å². The van der Waals surface area contributed by atoms with E-state index in [9.17, 15) is 4.79 Å². The molecule has 2 N–H and O–H groups in total. The summed E-state index contributed by atoms with van der Waals surface area (Å²) in [6.45, 7) is 10.4. The second-order valence-electron chi connectivity index (χ2n) is 6.98. The van der Waals surface area contributed by atoms with Gasteiger partial charge >= 0.3 is 6.09 Å². The van der Waals surface area contributed by atoms with Crippen molar-refractivity contribution in [2.24, 2.45) is 12.0 Å². The summed E-state index contributed by atoms with van der Waals surface area (Å²) in [4.78, 5) is 18.3. The van der Waals surface area contributed by atoms with Gasteiger partial charge in [0, 0.05) is 45.6 Å². The molecule has 0 saturated heterocycles. The molecule has 0 atom stereocenters. The number of nitrogens with zero attached hydrogens (tertiary/aromatic N) is 3. The molecule has 0 unspecified atom stereocenters. The summed E-state index contributed by atoms with van der Waals surface area (Å²) in [5.41, 5.74) is 0.750. The summed E-state index contributed by atoms with van der Waals surface area (Å²) in [6.07, 6.45) is 2.41. The molecule has 0 radical (unpaired) electrons. The monoisotopic (exact) mass is 479 g/mol. The lowest BCUT2D eigenvalue weighted by atomic mass is 10.2. The molecule has 1 amide bonds. The van der Waals surface area contributed by atoms with Crippen molar-refractivity contribution >= 4 is 36.0 Å². The van der Waals surface area contributed by atoms with Crippen molar-refractivity contribution < 1.29 is 9.53 Å². The van der Waals surface area contributed by atoms with Gasteiger partial charge in [0.1, 0.15) is 5.60 Å². The highest BCUT2D eigenvalue weighted by atomic mass is 127. The third-order valence-corrected chi connectivity index (χ3v) is 3.41. The Labute approximate surface area is 174 Å². The van der Waals surface area contributed by atoms with E-state index in [-0.39, 0.29) is 30.1 Å². The van der Waals surface area contributed by atoms with E-state index in [1.54, 1.807) is 0 Å². The number of amides is 1. The fourth-order valence-corrected chi connectivity index (χ4v) is 2.22. The highest BCUT2D eigenvalue weighted by molar-refractivity contribution is 14.0. The van der Waals surface area contributed by atoms with Crippen molar-refractivity contribution in [2.75, 3.05) is 26.7 Å². The Morgan fingerprint density at radius 3 is 2.58 bits per heavy atom. The third kappa shape index (κ3) is 9.88. The number of carbonyl (C=O) groups is 1. The highest BCUT2D eigenvalue weighted by Gasteiger charge is 2.15. The van der Waals surface area contributed by atoms with Gasteiger partial charge in [-0.25, -0.2) is 4.79 Å². The van der Waals surface area contributed by atoms with E-state index < -0.39 is 5.60 Å². The molecule has 0 aliphatic carbocycles. The minimum Gasteiger partial charge on any atom is -0.444 e. The minimum atomic E-state index is -0.472. The molecule has 8 heteroatoms. The minimum absolute atomic E-state index is 0. The standard InChI is InChI=1S/C18H33N5O2.HI/c1-7-19-16(23(6)14-15-10-8-13-22(15)5)20-11-9-12-21-17(24)25-18(2,3)4;/h8,10,13H,7,9,11-12,14H2,1-6H3,(H,19,20)(H,21,24);1H. The van der Waals surface area contributed by atoms with Crippen LogP contribution in [0.25, 0.3) is 0 Å². The first-order chi connectivity index (χ1) is 11.7. The maximum atomic E-state index is 11.6. The van der Waals surface area contributed by atoms with Gasteiger partial charge in [0.15, 0.2) is 5.96 Å². The summed E-state index contributed by atoms with van der Waals surface area (Å²) < 4.78 is 7.31. The number of nitrogens with one attached hydrogen (secondary N) is 2. The van der Waals surface area contributed by atoms with Crippen LogP contribution in [0.5, 0.6) is 0 Å². The number of ether oxygens (including phenoxy) is 1. The van der Waals surface area contributed by atoms with Crippen molar-refractivity contribution in [2.45, 2.75) is 46.3 Å². The van der Waals surface area contributed by atoms with Crippen LogP contribution in [0, 0.1) is 0 Å². The SMILES string of the molecule is CCNC(=NCCCNC(=O)OC(C)(C)C)N(C)Cc1cccn1C.I. The molecular weight excluding hydrogens is 445 g/mol. The molecular formula is C18H34IN5O2. The molecule has 0 aliphatic rings. The van der Waals surface area contributed by atoms with Crippen LogP contribution in [-0.4, -0.2) is 53.8 Å². The summed E-state index contributed by atoms with van der Waals surface area (Å²) in [7, 11) is 4.06. The van der Waals surface area contributed by atoms with E-state index in [4.69, 9.17) is 4.74 Å². The zero-order chi connectivity index (χ0) is 18.9. The van der Waals surface area contributed by atoms with Gasteiger partial charge in [-0.3, -0.25) is 4.99 Å². The molecule has 150 valence electrons. The molecule has 0 bridgehead atoms. The summed E-state index contributed by atoms with van der Waals surface area (Å²) in [6, 6.07) is 4.14. The number of hydrogen-bond acceptors (Lipinski definition) is 3. The van der Waals surface area contributed by atoms with Crippen molar-refractivity contribution in [1.82, 2.24) is 20.1 Å². The topological polar surface area (TPSA) is 70.9 Å². The number of halogens is 1. The fourth-order valence-electron chi connectivity index (χ4n) is 2.22. The quantitative estimate of drug-likeness (QED) is 0.273. The summed E-state index contributed by atoms with van der Waals surface area (Å²) >= 11 is 0. The van der Waals surface area contributed by atoms with Crippen LogP contribution in [0.2, 0.25) is 0 Å². The smallest absolute Gasteiger partial charge is 0.407 e. The number of aromatic nitrogens is 1. The predicted octanol–water partition coefficient (Wildman–Crippen LogP) is 2.96. The van der Waals surface area contributed by atoms with Crippen LogP contribution in [-0.2, 0) is 18.3 Å². The van der Waals surface area contributed by atoms with Gasteiger partial charge in [0.05, 0.1) is 6.54 Å². The zero-order valence-corrected chi connectivity index (χ0v) is 19.2. The lowest BCUT2D eigenvalue weighted by molar-refractivity contribution is 0.0527. The van der Waals surface area contributed by atoms with Crippen LogP contribution < -0.4 is 10.6 Å². The third-order valence-electron chi connectivity index (χ3n) is 3.41. The Kier molecular flexibility index (Phi) is 11.4. The van der Waals surface area contributed by atoms with E-state index in [0.717, 1.165) is 25.5 Å². The normalized spacial score (nSPS) is 11.5. The van der Waals surface area contributed by atoms with Crippen LogP contribution in [0.3, 0.4) is 0 Å². The molecule has 7 nitrogen and oxygen atoms in total. The average molecular weight is 479 g/mol. The lowest BCUT2D eigenvalue weighted by Crippen LogP contribution is -2.39. The Hall–Kier alpha value is -1.45. The zero-order valence-electron chi connectivity index (χ0n) is 16.8. The maximum Gasteiger partial charge on any atom is 0.407 e. The Bertz CT molecular complexity index is 566. The average Bonchev–Trinajstić information content (AvgIpc) is 2.89. The van der Waals surface area contributed by atoms with E-state index in [1.165, 1.54) is 5.69 Å². The Balaban J connectivity index is 0.00000625. The molecule has 0 fully saturated rings. The number of hydrogen-bond donors (Lipinski definition) is 2. The van der Waals surface area contributed by atoms with Crippen molar-refractivity contribution in [1.29, 1.82) is 0 Å². The van der Waals surface area contributed by atoms with Crippen LogP contribution in [0.15, 0.2) is 23.3 Å². The molecule has 1 heterocycles. The van der Waals surface area contributed by atoms with E-state index in [2.05, 4.69) is 38.1 Å². The second-order valence-corrected chi connectivity index (χ2v) is 6.98. The Morgan fingerprint density at radius 2 is 2.04 bits per heavy atom. The van der Waals surface area contributed by atoms with Crippen molar-refractivity contribution in [3.8, 4) is 0 Å². The van der Waals surface area contributed by atoms with Gasteiger partial charge in [0.25, 0.3) is 0 Å². The first-order valence-electron chi connectivity index (χ1n) is 8.79. The number of alkyl carbamates (subject to hydrolysis) is 1. The molecule has 26 heavy (non-hydrogen) atoms. The fraction of sp³-hybridized carbons (Fsp3) is 0.667. The number of rotatable bonds is 7. The first-order valence-corrected chi connectivity index (χ1v) is 8.79. The van der Waals surface area contributed by atoms with Crippen LogP contribution in [0.1, 0.15) is 39.8 Å². The highest BCUT2D eigenvalue weighted by Crippen LogP contribution is 2.06. The number of guanidine groups is 1. The largest absolute Gasteiger partial charge is 0.444 e. The van der Waals surface area contributed by atoms with Gasteiger partial charge in [-0.15, -0.1) is 24.0 Å². The molecule has 1 aromatic rings. The lowest BCUT2D eigenvalue weighted by Gasteiger charge is -2.22. The number of carbonyl (C=O) groups excluding carboxylic acids is 1. The van der Waals surface area contributed by atoms with Crippen molar-refractivity contribution in [3.05, 3.63) is 24.0 Å².